The third kappa shape index (κ3) is 6.14. The zero-order chi connectivity index (χ0) is 36.9. The van der Waals surface area contributed by atoms with Crippen molar-refractivity contribution in [3.63, 3.8) is 0 Å². The Morgan fingerprint density at radius 2 is 1.08 bits per heavy atom. The van der Waals surface area contributed by atoms with Crippen LogP contribution < -0.4 is 0 Å². The first-order valence-electron chi connectivity index (χ1n) is 16.2. The van der Waals surface area contributed by atoms with Crippen molar-refractivity contribution in [2.45, 2.75) is 12.4 Å². The van der Waals surface area contributed by atoms with Gasteiger partial charge in [-0.15, -0.1) is 0 Å². The van der Waals surface area contributed by atoms with Crippen LogP contribution in [0.2, 0.25) is 0 Å². The molecule has 8 rings (SSSR count). The van der Waals surface area contributed by atoms with Crippen molar-refractivity contribution < 1.29 is 26.3 Å². The first-order valence-corrected chi connectivity index (χ1v) is 16.2. The average Bonchev–Trinajstić information content (AvgIpc) is 3.50. The second kappa shape index (κ2) is 12.8. The molecule has 0 amide bonds. The Bertz CT molecular complexity index is 2650. The number of hydrogen-bond acceptors (Lipinski definition) is 4. The van der Waals surface area contributed by atoms with Crippen LogP contribution in [-0.2, 0) is 12.4 Å². The topological polar surface area (TPSA) is 67.4 Å². The molecular weight excluding hydrogens is 688 g/mol. The maximum Gasteiger partial charge on any atom is 0.417 e. The molecule has 53 heavy (non-hydrogen) atoms. The fourth-order valence-corrected chi connectivity index (χ4v) is 6.51. The number of aromatic nitrogens is 4. The summed E-state index contributed by atoms with van der Waals surface area (Å²) < 4.78 is 86.2. The van der Waals surface area contributed by atoms with Gasteiger partial charge in [0, 0.05) is 27.5 Å². The minimum Gasteiger partial charge on any atom is -0.308 e. The molecule has 258 valence electrons. The van der Waals surface area contributed by atoms with E-state index in [1.54, 1.807) is 24.3 Å². The number of halogens is 6. The molecule has 0 saturated carbocycles. The SMILES string of the molecule is N#Cc1ccc2c(c1)c1ccccc1n2-c1cc(-c2ccc(C(F)(F)F)cc2C(F)(F)F)ccc1-c1nc(-c2ccccc2)nc(-c2ccccc2)n1. The summed E-state index contributed by atoms with van der Waals surface area (Å²) in [6.07, 6.45) is -10.1. The van der Waals surface area contributed by atoms with Gasteiger partial charge in [0.05, 0.1) is 39.5 Å². The molecule has 0 fully saturated rings. The molecule has 5 nitrogen and oxygen atoms in total. The molecule has 0 N–H and O–H groups in total. The molecule has 0 spiro atoms. The monoisotopic (exact) mass is 711 g/mol. The molecule has 2 aromatic heterocycles. The predicted molar refractivity (Wildman–Crippen MR) is 191 cm³/mol. The second-order valence-corrected chi connectivity index (χ2v) is 12.2. The van der Waals surface area contributed by atoms with Gasteiger partial charge in [-0.25, -0.2) is 15.0 Å². The number of nitrogens with zero attached hydrogens (tertiary/aromatic N) is 5. The van der Waals surface area contributed by atoms with Gasteiger partial charge in [0.1, 0.15) is 0 Å². The van der Waals surface area contributed by atoms with Gasteiger partial charge in [0.15, 0.2) is 17.5 Å². The fraction of sp³-hybridized carbons (Fsp3) is 0.0476. The average molecular weight is 712 g/mol. The third-order valence-corrected chi connectivity index (χ3v) is 8.94. The van der Waals surface area contributed by atoms with Crippen LogP contribution >= 0.6 is 0 Å². The lowest BCUT2D eigenvalue weighted by Gasteiger charge is -2.19. The Labute approximate surface area is 298 Å². The summed E-state index contributed by atoms with van der Waals surface area (Å²) in [5.74, 6) is 0.919. The number of hydrogen-bond donors (Lipinski definition) is 0. The first kappa shape index (κ1) is 33.3. The number of fused-ring (bicyclic) bond motifs is 3. The Kier molecular flexibility index (Phi) is 8.03. The van der Waals surface area contributed by atoms with Crippen molar-refractivity contribution in [3.05, 3.63) is 156 Å². The van der Waals surface area contributed by atoms with E-state index in [9.17, 15) is 31.6 Å². The van der Waals surface area contributed by atoms with Crippen molar-refractivity contribution in [1.82, 2.24) is 19.5 Å². The quantitative estimate of drug-likeness (QED) is 0.167. The van der Waals surface area contributed by atoms with E-state index in [1.807, 2.05) is 89.5 Å². The molecule has 6 aromatic carbocycles. The van der Waals surface area contributed by atoms with Gasteiger partial charge < -0.3 is 4.57 Å². The van der Waals surface area contributed by atoms with E-state index in [0.717, 1.165) is 11.5 Å². The standard InChI is InChI=1S/C42H23F6N5/c43-41(44,45)29-17-19-30(34(23-29)42(46,47)48)28-16-18-32(37(22-28)53-35-14-8-7-13-31(35)33-21-25(24-49)15-20-36(33)53)40-51-38(26-9-3-1-4-10-26)50-39(52-40)27-11-5-2-6-12-27/h1-23H. The summed E-state index contributed by atoms with van der Waals surface area (Å²) in [4.78, 5) is 14.5. The first-order chi connectivity index (χ1) is 25.5. The van der Waals surface area contributed by atoms with Gasteiger partial charge in [-0.3, -0.25) is 0 Å². The van der Waals surface area contributed by atoms with E-state index >= 15 is 0 Å². The lowest BCUT2D eigenvalue weighted by Crippen LogP contribution is -2.12. The van der Waals surface area contributed by atoms with Crippen LogP contribution in [0, 0.1) is 11.3 Å². The predicted octanol–water partition coefficient (Wildman–Crippen LogP) is 11.5. The zero-order valence-electron chi connectivity index (χ0n) is 27.3. The van der Waals surface area contributed by atoms with Gasteiger partial charge >= 0.3 is 12.4 Å². The van der Waals surface area contributed by atoms with Crippen LogP contribution in [0.4, 0.5) is 26.3 Å². The molecule has 0 atom stereocenters. The smallest absolute Gasteiger partial charge is 0.308 e. The molecule has 0 bridgehead atoms. The molecule has 11 heteroatoms. The van der Waals surface area contributed by atoms with Crippen LogP contribution in [0.15, 0.2) is 140 Å². The normalized spacial score (nSPS) is 11.9. The Morgan fingerprint density at radius 1 is 0.491 bits per heavy atom. The highest BCUT2D eigenvalue weighted by Crippen LogP contribution is 2.43. The van der Waals surface area contributed by atoms with E-state index in [2.05, 4.69) is 6.07 Å². The van der Waals surface area contributed by atoms with Crippen LogP contribution in [0.1, 0.15) is 16.7 Å². The highest BCUT2D eigenvalue weighted by atomic mass is 19.4. The summed E-state index contributed by atoms with van der Waals surface area (Å²) in [7, 11) is 0. The van der Waals surface area contributed by atoms with Gasteiger partial charge in [0.2, 0.25) is 0 Å². The zero-order valence-corrected chi connectivity index (χ0v) is 27.3. The summed E-state index contributed by atoms with van der Waals surface area (Å²) in [5, 5.41) is 11.2. The second-order valence-electron chi connectivity index (χ2n) is 12.2. The number of para-hydroxylation sites is 1. The van der Waals surface area contributed by atoms with Crippen molar-refractivity contribution in [2.75, 3.05) is 0 Å². The number of alkyl halides is 6. The van der Waals surface area contributed by atoms with E-state index < -0.39 is 29.0 Å². The Morgan fingerprint density at radius 3 is 1.70 bits per heavy atom. The summed E-state index contributed by atoms with van der Waals surface area (Å²) in [6.45, 7) is 0. The van der Waals surface area contributed by atoms with Crippen LogP contribution in [0.25, 0.3) is 72.8 Å². The molecule has 0 aliphatic heterocycles. The summed E-state index contributed by atoms with van der Waals surface area (Å²) >= 11 is 0. The van der Waals surface area contributed by atoms with Gasteiger partial charge in [-0.2, -0.15) is 31.6 Å². The van der Waals surface area contributed by atoms with Gasteiger partial charge in [-0.1, -0.05) is 91.0 Å². The minimum absolute atomic E-state index is 0.0185. The molecule has 8 aromatic rings. The van der Waals surface area contributed by atoms with E-state index in [1.165, 1.54) is 12.1 Å². The van der Waals surface area contributed by atoms with Crippen LogP contribution in [-0.4, -0.2) is 19.5 Å². The largest absolute Gasteiger partial charge is 0.417 e. The molecule has 0 aliphatic rings. The fourth-order valence-electron chi connectivity index (χ4n) is 6.51. The third-order valence-electron chi connectivity index (χ3n) is 8.94. The lowest BCUT2D eigenvalue weighted by atomic mass is 9.95. The van der Waals surface area contributed by atoms with E-state index in [4.69, 9.17) is 15.0 Å². The summed E-state index contributed by atoms with van der Waals surface area (Å²) in [6, 6.07) is 39.3. The van der Waals surface area contributed by atoms with Gasteiger partial charge in [0.25, 0.3) is 0 Å². The lowest BCUT2D eigenvalue weighted by molar-refractivity contribution is -0.142. The van der Waals surface area contributed by atoms with Gasteiger partial charge in [-0.05, 0) is 59.7 Å². The number of rotatable bonds is 5. The van der Waals surface area contributed by atoms with Crippen molar-refractivity contribution >= 4 is 21.8 Å². The maximum atomic E-state index is 14.5. The molecule has 0 aliphatic carbocycles. The molecular formula is C42H23F6N5. The minimum atomic E-state index is -5.10. The summed E-state index contributed by atoms with van der Waals surface area (Å²) in [5.41, 5.74) is 0.631. The number of benzene rings is 6. The van der Waals surface area contributed by atoms with Crippen molar-refractivity contribution in [2.24, 2.45) is 0 Å². The Hall–Kier alpha value is -6.80. The molecule has 0 unspecified atom stereocenters. The van der Waals surface area contributed by atoms with Crippen molar-refractivity contribution in [3.8, 4) is 57.0 Å². The molecule has 0 saturated heterocycles. The number of nitriles is 1. The van der Waals surface area contributed by atoms with Crippen molar-refractivity contribution in [1.29, 1.82) is 5.26 Å². The highest BCUT2D eigenvalue weighted by Gasteiger charge is 2.38. The highest BCUT2D eigenvalue weighted by molar-refractivity contribution is 6.10. The van der Waals surface area contributed by atoms with E-state index in [0.29, 0.717) is 62.1 Å². The maximum absolute atomic E-state index is 14.5. The Balaban J connectivity index is 1.46. The molecule has 0 radical (unpaired) electrons. The molecule has 2 heterocycles. The van der Waals surface area contributed by atoms with Crippen LogP contribution in [0.5, 0.6) is 0 Å². The van der Waals surface area contributed by atoms with E-state index in [-0.39, 0.29) is 17.5 Å². The van der Waals surface area contributed by atoms with Crippen LogP contribution in [0.3, 0.4) is 0 Å².